The molecule has 2 aromatic heterocycles. The predicted molar refractivity (Wildman–Crippen MR) is 130 cm³/mol. The molecule has 10 nitrogen and oxygen atoms in total. The number of aromatic amines is 1. The lowest BCUT2D eigenvalue weighted by molar-refractivity contribution is 0.100. The third kappa shape index (κ3) is 4.80. The minimum Gasteiger partial charge on any atom is -0.481 e. The van der Waals surface area contributed by atoms with Crippen molar-refractivity contribution in [1.82, 2.24) is 15.2 Å². The number of carbonyl (C=O) groups excluding carboxylic acids is 2. The van der Waals surface area contributed by atoms with Crippen molar-refractivity contribution in [3.05, 3.63) is 78.5 Å². The maximum Gasteiger partial charge on any atom is 0.326 e. The van der Waals surface area contributed by atoms with E-state index in [1.165, 1.54) is 12.0 Å². The number of carbonyl (C=O) groups is 2. The van der Waals surface area contributed by atoms with E-state index in [0.717, 1.165) is 5.69 Å². The summed E-state index contributed by atoms with van der Waals surface area (Å²) < 4.78 is 5.12. The van der Waals surface area contributed by atoms with Gasteiger partial charge in [-0.2, -0.15) is 5.10 Å². The van der Waals surface area contributed by atoms with E-state index >= 15 is 0 Å². The number of H-pyrrole nitrogens is 1. The van der Waals surface area contributed by atoms with Gasteiger partial charge in [-0.15, -0.1) is 0 Å². The van der Waals surface area contributed by atoms with Gasteiger partial charge in [-0.25, -0.2) is 9.78 Å². The number of aromatic nitrogens is 3. The molecular weight excluding hydrogens is 434 g/mol. The van der Waals surface area contributed by atoms with Crippen LogP contribution in [0.25, 0.3) is 11.3 Å². The van der Waals surface area contributed by atoms with E-state index in [-0.39, 0.29) is 11.6 Å². The lowest BCUT2D eigenvalue weighted by Crippen LogP contribution is -2.31. The van der Waals surface area contributed by atoms with E-state index in [9.17, 15) is 9.59 Å². The molecule has 0 bridgehead atoms. The summed E-state index contributed by atoms with van der Waals surface area (Å²) in [6.45, 7) is 0. The van der Waals surface area contributed by atoms with Gasteiger partial charge in [0.15, 0.2) is 0 Å². The Kier molecular flexibility index (Phi) is 6.40. The first kappa shape index (κ1) is 22.3. The van der Waals surface area contributed by atoms with Crippen molar-refractivity contribution >= 4 is 34.8 Å². The van der Waals surface area contributed by atoms with Crippen molar-refractivity contribution in [2.75, 3.05) is 29.7 Å². The summed E-state index contributed by atoms with van der Waals surface area (Å²) in [6.07, 6.45) is 1.57. The first-order valence-corrected chi connectivity index (χ1v) is 10.3. The normalized spacial score (nSPS) is 10.4. The van der Waals surface area contributed by atoms with Crippen molar-refractivity contribution in [2.45, 2.75) is 0 Å². The fourth-order valence-corrected chi connectivity index (χ4v) is 3.31. The quantitative estimate of drug-likeness (QED) is 0.331. The van der Waals surface area contributed by atoms with Gasteiger partial charge >= 0.3 is 6.03 Å². The molecule has 0 spiro atoms. The second-order valence-corrected chi connectivity index (χ2v) is 7.30. The topological polar surface area (TPSA) is 138 Å². The number of nitrogens with one attached hydrogen (secondary N) is 3. The largest absolute Gasteiger partial charge is 0.481 e. The number of hydrogen-bond acceptors (Lipinski definition) is 6. The van der Waals surface area contributed by atoms with Crippen molar-refractivity contribution in [3.63, 3.8) is 0 Å². The van der Waals surface area contributed by atoms with Crippen molar-refractivity contribution in [3.8, 4) is 17.1 Å². The summed E-state index contributed by atoms with van der Waals surface area (Å²) >= 11 is 0. The van der Waals surface area contributed by atoms with Crippen LogP contribution in [-0.2, 0) is 0 Å². The van der Waals surface area contributed by atoms with Crippen molar-refractivity contribution < 1.29 is 14.3 Å². The third-order valence-corrected chi connectivity index (χ3v) is 5.08. The number of pyridine rings is 1. The highest BCUT2D eigenvalue weighted by atomic mass is 16.5. The van der Waals surface area contributed by atoms with Gasteiger partial charge in [-0.3, -0.25) is 14.8 Å². The van der Waals surface area contributed by atoms with E-state index in [0.29, 0.717) is 34.3 Å². The highest BCUT2D eigenvalue weighted by Crippen LogP contribution is 2.30. The van der Waals surface area contributed by atoms with E-state index in [2.05, 4.69) is 25.8 Å². The van der Waals surface area contributed by atoms with Gasteiger partial charge in [-0.1, -0.05) is 30.3 Å². The van der Waals surface area contributed by atoms with Gasteiger partial charge < -0.3 is 21.1 Å². The number of amides is 3. The smallest absolute Gasteiger partial charge is 0.326 e. The Morgan fingerprint density at radius 1 is 1.03 bits per heavy atom. The maximum absolute atomic E-state index is 12.5. The zero-order valence-corrected chi connectivity index (χ0v) is 18.6. The Morgan fingerprint density at radius 2 is 1.76 bits per heavy atom. The molecule has 34 heavy (non-hydrogen) atoms. The monoisotopic (exact) mass is 457 g/mol. The number of nitrogens with zero attached hydrogens (tertiary/aromatic N) is 3. The Bertz CT molecular complexity index is 1300. The number of benzene rings is 2. The zero-order chi connectivity index (χ0) is 24.1. The Hall–Kier alpha value is -4.86. The molecule has 2 heterocycles. The SMILES string of the molecule is COc1cc(Nc2[nH]nc(-c3ccc(NC(=O)N(C)c4ccccc4)cc3)c2C(N)=O)ccn1. The molecule has 0 radical (unpaired) electrons. The van der Waals surface area contributed by atoms with Crippen LogP contribution in [0.2, 0.25) is 0 Å². The summed E-state index contributed by atoms with van der Waals surface area (Å²) in [5.74, 6) is 0.118. The van der Waals surface area contributed by atoms with Crippen LogP contribution in [-0.4, -0.2) is 41.3 Å². The Labute approximate surface area is 195 Å². The second-order valence-electron chi connectivity index (χ2n) is 7.30. The number of urea groups is 1. The summed E-state index contributed by atoms with van der Waals surface area (Å²) in [5.41, 5.74) is 8.90. The number of para-hydroxylation sites is 1. The van der Waals surface area contributed by atoms with Crippen LogP contribution in [0, 0.1) is 0 Å². The van der Waals surface area contributed by atoms with Crippen LogP contribution >= 0.6 is 0 Å². The van der Waals surface area contributed by atoms with Gasteiger partial charge in [0.25, 0.3) is 5.91 Å². The number of ether oxygens (including phenoxy) is 1. The number of methoxy groups -OCH3 is 1. The van der Waals surface area contributed by atoms with Crippen molar-refractivity contribution in [2.24, 2.45) is 5.73 Å². The maximum atomic E-state index is 12.5. The average molecular weight is 457 g/mol. The molecule has 3 amide bonds. The van der Waals surface area contributed by atoms with Crippen LogP contribution in [0.3, 0.4) is 0 Å². The third-order valence-electron chi connectivity index (χ3n) is 5.08. The van der Waals surface area contributed by atoms with E-state index < -0.39 is 5.91 Å². The minimum absolute atomic E-state index is 0.205. The second kappa shape index (κ2) is 9.74. The van der Waals surface area contributed by atoms with Crippen LogP contribution in [0.15, 0.2) is 72.9 Å². The lowest BCUT2D eigenvalue weighted by Gasteiger charge is -2.18. The fourth-order valence-electron chi connectivity index (χ4n) is 3.31. The van der Waals surface area contributed by atoms with Crippen molar-refractivity contribution in [1.29, 1.82) is 0 Å². The van der Waals surface area contributed by atoms with Gasteiger partial charge in [0.2, 0.25) is 5.88 Å². The highest BCUT2D eigenvalue weighted by Gasteiger charge is 2.20. The molecule has 2 aromatic carbocycles. The summed E-state index contributed by atoms with van der Waals surface area (Å²) in [6, 6.07) is 19.4. The standard InChI is InChI=1S/C24H23N7O3/c1-31(18-6-4-3-5-7-18)24(33)28-16-10-8-15(9-11-16)21-20(22(25)32)23(30-29-21)27-17-12-13-26-19(14-17)34-2/h3-14H,1-2H3,(H2,25,32)(H,28,33)(H2,26,27,29,30). The van der Waals surface area contributed by atoms with Crippen LogP contribution in [0.4, 0.5) is 27.7 Å². The minimum atomic E-state index is -0.644. The molecule has 0 saturated carbocycles. The molecule has 0 atom stereocenters. The van der Waals surface area contributed by atoms with E-state index in [1.54, 1.807) is 49.6 Å². The summed E-state index contributed by atoms with van der Waals surface area (Å²) in [5, 5.41) is 13.0. The van der Waals surface area contributed by atoms with E-state index in [4.69, 9.17) is 10.5 Å². The highest BCUT2D eigenvalue weighted by molar-refractivity contribution is 6.04. The molecule has 0 aliphatic carbocycles. The first-order valence-electron chi connectivity index (χ1n) is 10.3. The molecule has 4 aromatic rings. The first-order chi connectivity index (χ1) is 16.5. The molecule has 0 saturated heterocycles. The van der Waals surface area contributed by atoms with Crippen LogP contribution < -0.4 is 26.0 Å². The number of hydrogen-bond donors (Lipinski definition) is 4. The Balaban J connectivity index is 1.53. The number of primary amides is 1. The van der Waals surface area contributed by atoms with Crippen LogP contribution in [0.1, 0.15) is 10.4 Å². The average Bonchev–Trinajstić information content (AvgIpc) is 3.28. The molecule has 4 rings (SSSR count). The lowest BCUT2D eigenvalue weighted by atomic mass is 10.1. The van der Waals surface area contributed by atoms with Gasteiger partial charge in [-0.05, 0) is 30.3 Å². The fraction of sp³-hybridized carbons (Fsp3) is 0.0833. The number of rotatable bonds is 7. The van der Waals surface area contributed by atoms with Gasteiger partial charge in [0.1, 0.15) is 17.1 Å². The molecule has 0 aliphatic heterocycles. The molecule has 0 unspecified atom stereocenters. The molecule has 10 heteroatoms. The van der Waals surface area contributed by atoms with E-state index in [1.807, 2.05) is 30.3 Å². The molecular formula is C24H23N7O3. The number of anilines is 4. The Morgan fingerprint density at radius 3 is 2.44 bits per heavy atom. The molecule has 5 N–H and O–H groups in total. The summed E-state index contributed by atoms with van der Waals surface area (Å²) in [4.78, 5) is 30.4. The van der Waals surface area contributed by atoms with Gasteiger partial charge in [0.05, 0.1) is 7.11 Å². The zero-order valence-electron chi connectivity index (χ0n) is 18.6. The van der Waals surface area contributed by atoms with Crippen LogP contribution in [0.5, 0.6) is 5.88 Å². The predicted octanol–water partition coefficient (Wildman–Crippen LogP) is 3.99. The summed E-state index contributed by atoms with van der Waals surface area (Å²) in [7, 11) is 3.20. The molecule has 0 aliphatic rings. The van der Waals surface area contributed by atoms with Gasteiger partial charge in [0, 0.05) is 41.9 Å². The molecule has 172 valence electrons. The number of nitrogens with two attached hydrogens (primary N) is 1. The molecule has 0 fully saturated rings.